The highest BCUT2D eigenvalue weighted by Gasteiger charge is 2.56. The van der Waals surface area contributed by atoms with Gasteiger partial charge in [-0.05, 0) is 67.8 Å². The van der Waals surface area contributed by atoms with Crippen LogP contribution in [0, 0.1) is 0 Å². The molecule has 0 spiro atoms. The predicted octanol–water partition coefficient (Wildman–Crippen LogP) is 23.2. The second kappa shape index (κ2) is 60.5. The Morgan fingerprint density at radius 2 is 0.487 bits per heavy atom. The average molecular weight is 1570 g/mol. The molecule has 2 fully saturated rings. The molecular weight excluding hydrogens is 1430 g/mol. The topological polar surface area (TPSA) is 221 Å². The Kier molecular flexibility index (Phi) is 50.8. The van der Waals surface area contributed by atoms with Crippen LogP contribution < -0.4 is 0 Å². The second-order valence-electron chi connectivity index (χ2n) is 31.3. The van der Waals surface area contributed by atoms with Gasteiger partial charge in [-0.2, -0.15) is 0 Å². The van der Waals surface area contributed by atoms with Crippen LogP contribution in [-0.2, 0) is 66.5 Å². The third kappa shape index (κ3) is 39.5. The van der Waals surface area contributed by atoms with Crippen molar-refractivity contribution >= 4 is 41.8 Å². The summed E-state index contributed by atoms with van der Waals surface area (Å²) in [6, 6.07) is 32.3. The Morgan fingerprint density at radius 3 is 0.805 bits per heavy atom. The molecule has 2 aliphatic heterocycles. The van der Waals surface area contributed by atoms with Crippen LogP contribution in [0.2, 0.25) is 0 Å². The van der Waals surface area contributed by atoms with Gasteiger partial charge in [0.1, 0.15) is 18.8 Å². The first-order chi connectivity index (χ1) is 55.4. The first kappa shape index (κ1) is 94.9. The van der Waals surface area contributed by atoms with Crippen molar-refractivity contribution in [3.05, 3.63) is 144 Å². The van der Waals surface area contributed by atoms with Crippen LogP contribution >= 0.6 is 0 Å². The molecule has 2 aliphatic rings. The monoisotopic (exact) mass is 1570 g/mol. The van der Waals surface area contributed by atoms with Crippen LogP contribution in [0.25, 0.3) is 0 Å². The molecule has 0 N–H and O–H groups in total. The first-order valence-electron chi connectivity index (χ1n) is 44.5. The van der Waals surface area contributed by atoms with Crippen molar-refractivity contribution in [3.63, 3.8) is 0 Å². The van der Waals surface area contributed by atoms with Crippen molar-refractivity contribution in [2.24, 2.45) is 0 Å². The molecular formula is C95H142O18. The summed E-state index contributed by atoms with van der Waals surface area (Å²) in [5.41, 5.74) is 0.477. The minimum absolute atomic E-state index is 0.00363. The van der Waals surface area contributed by atoms with Gasteiger partial charge in [0, 0.05) is 26.4 Å². The van der Waals surface area contributed by atoms with Gasteiger partial charge in [-0.1, -0.05) is 363 Å². The zero-order chi connectivity index (χ0) is 80.4. The predicted molar refractivity (Wildman–Crippen MR) is 442 cm³/mol. The highest BCUT2D eigenvalue weighted by molar-refractivity contribution is 5.91. The van der Waals surface area contributed by atoms with Crippen LogP contribution in [0.15, 0.2) is 121 Å². The number of hydrogen-bond donors (Lipinski definition) is 0. The number of carbonyl (C=O) groups excluding carboxylic acids is 7. The molecule has 2 saturated heterocycles. The van der Waals surface area contributed by atoms with E-state index in [1.54, 1.807) is 84.9 Å². The van der Waals surface area contributed by atoms with Gasteiger partial charge in [0.2, 0.25) is 0 Å². The number of unbranched alkanes of at least 4 members (excludes halogenated alkanes) is 42. The fourth-order valence-corrected chi connectivity index (χ4v) is 15.0. The lowest BCUT2D eigenvalue weighted by atomic mass is 9.96. The zero-order valence-electron chi connectivity index (χ0n) is 69.5. The summed E-state index contributed by atoms with van der Waals surface area (Å²) in [6.45, 7) is 5.50. The molecule has 0 aromatic heterocycles. The highest BCUT2D eigenvalue weighted by atomic mass is 16.8. The van der Waals surface area contributed by atoms with Crippen molar-refractivity contribution in [3.8, 4) is 0 Å². The maximum atomic E-state index is 14.7. The van der Waals surface area contributed by atoms with Gasteiger partial charge >= 0.3 is 41.8 Å². The van der Waals surface area contributed by atoms with E-state index >= 15 is 0 Å². The van der Waals surface area contributed by atoms with Crippen LogP contribution in [-0.4, -0.2) is 124 Å². The molecule has 10 atom stereocenters. The van der Waals surface area contributed by atoms with Gasteiger partial charge in [0.15, 0.2) is 49.2 Å². The molecule has 4 aromatic rings. The van der Waals surface area contributed by atoms with Crippen molar-refractivity contribution in [1.82, 2.24) is 0 Å². The Bertz CT molecular complexity index is 3130. The van der Waals surface area contributed by atoms with Gasteiger partial charge in [0.25, 0.3) is 0 Å². The van der Waals surface area contributed by atoms with E-state index in [0.29, 0.717) is 19.3 Å². The van der Waals surface area contributed by atoms with Gasteiger partial charge < -0.3 is 52.1 Å². The van der Waals surface area contributed by atoms with E-state index in [9.17, 15) is 33.6 Å². The van der Waals surface area contributed by atoms with Gasteiger partial charge in [-0.25, -0.2) is 19.2 Å². The lowest BCUT2D eigenvalue weighted by Crippen LogP contribution is -2.65. The van der Waals surface area contributed by atoms with E-state index < -0.39 is 116 Å². The summed E-state index contributed by atoms with van der Waals surface area (Å²) in [5.74, 6) is -5.28. The summed E-state index contributed by atoms with van der Waals surface area (Å²) in [4.78, 5) is 101. The Hall–Kier alpha value is -6.99. The SMILES string of the molecule is CCCCCCCCCCCCCCCCCC(=O)O[C@@H]1[C@@H](OC(=O)CCCCCCCCCCCCCCCCC)[C@H](OC)O[C@H](CO[C@H]2O[C@H](COC(=O)c3ccccc3)[C@@H](OC(=O)c3ccccc3)[C@H](OC(=O)c3ccccc3)[C@H]2OC(=O)c2ccccc2)[C@H]1OC(=O)CCCCCCCCCCCCCCCCC. The van der Waals surface area contributed by atoms with Crippen molar-refractivity contribution < 1.29 is 85.7 Å². The Balaban J connectivity index is 1.28. The maximum Gasteiger partial charge on any atom is 0.338 e. The Labute approximate surface area is 678 Å². The van der Waals surface area contributed by atoms with E-state index in [2.05, 4.69) is 20.8 Å². The van der Waals surface area contributed by atoms with Crippen LogP contribution in [0.3, 0.4) is 0 Å². The van der Waals surface area contributed by atoms with Gasteiger partial charge in [0.05, 0.1) is 28.9 Å². The number of esters is 7. The molecule has 2 heterocycles. The molecule has 0 aliphatic carbocycles. The van der Waals surface area contributed by atoms with Crippen LogP contribution in [0.5, 0.6) is 0 Å². The van der Waals surface area contributed by atoms with E-state index in [1.165, 1.54) is 236 Å². The number of benzene rings is 4. The average Bonchev–Trinajstić information content (AvgIpc) is 0.775. The third-order valence-electron chi connectivity index (χ3n) is 21.7. The molecule has 0 unspecified atom stereocenters. The summed E-state index contributed by atoms with van der Waals surface area (Å²) in [7, 11) is 1.36. The largest absolute Gasteiger partial charge is 0.459 e. The number of hydrogen-bond acceptors (Lipinski definition) is 18. The molecule has 0 saturated carbocycles. The summed E-state index contributed by atoms with van der Waals surface area (Å²) >= 11 is 0. The van der Waals surface area contributed by atoms with E-state index in [1.807, 2.05) is 0 Å². The van der Waals surface area contributed by atoms with E-state index in [0.717, 1.165) is 77.0 Å². The normalized spacial score (nSPS) is 19.4. The maximum absolute atomic E-state index is 14.7. The molecule has 18 heteroatoms. The summed E-state index contributed by atoms with van der Waals surface area (Å²) in [5, 5.41) is 0. The van der Waals surface area contributed by atoms with Crippen molar-refractivity contribution in [2.75, 3.05) is 20.3 Å². The number of rotatable bonds is 64. The smallest absolute Gasteiger partial charge is 0.338 e. The lowest BCUT2D eigenvalue weighted by Gasteiger charge is -2.46. The third-order valence-corrected chi connectivity index (χ3v) is 21.7. The molecule has 0 bridgehead atoms. The molecule has 0 radical (unpaired) electrons. The minimum atomic E-state index is -1.80. The van der Waals surface area contributed by atoms with Crippen molar-refractivity contribution in [2.45, 2.75) is 390 Å². The fourth-order valence-electron chi connectivity index (χ4n) is 15.0. The molecule has 4 aromatic carbocycles. The molecule has 630 valence electrons. The van der Waals surface area contributed by atoms with Crippen molar-refractivity contribution in [1.29, 1.82) is 0 Å². The molecule has 6 rings (SSSR count). The fraction of sp³-hybridized carbons (Fsp3) is 0.674. The summed E-state index contributed by atoms with van der Waals surface area (Å²) in [6.07, 6.45) is 35.8. The number of ether oxygens (including phenoxy) is 11. The highest BCUT2D eigenvalue weighted by Crippen LogP contribution is 2.36. The minimum Gasteiger partial charge on any atom is -0.459 e. The van der Waals surface area contributed by atoms with Gasteiger partial charge in [-0.3, -0.25) is 14.4 Å². The molecule has 113 heavy (non-hydrogen) atoms. The lowest BCUT2D eigenvalue weighted by molar-refractivity contribution is -0.329. The number of carbonyl (C=O) groups is 7. The quantitative estimate of drug-likeness (QED) is 0.0228. The van der Waals surface area contributed by atoms with E-state index in [-0.39, 0.29) is 41.5 Å². The molecule has 18 nitrogen and oxygen atoms in total. The first-order valence-corrected chi connectivity index (χ1v) is 44.5. The molecule has 0 amide bonds. The van der Waals surface area contributed by atoms with Crippen LogP contribution in [0.1, 0.15) is 370 Å². The zero-order valence-corrected chi connectivity index (χ0v) is 69.5. The Morgan fingerprint density at radius 1 is 0.257 bits per heavy atom. The summed E-state index contributed by atoms with van der Waals surface area (Å²) < 4.78 is 70.8. The van der Waals surface area contributed by atoms with E-state index in [4.69, 9.17) is 52.1 Å². The van der Waals surface area contributed by atoms with Crippen LogP contribution in [0.4, 0.5) is 0 Å². The number of methoxy groups -OCH3 is 1. The standard InChI is InChI=1S/C95H142O18/c1-5-8-11-14-17-20-23-26-29-32-35-38-41-44-59-70-81(96)108-84-80(106-94(103-4)88(110-83(98)72-61-46-43-40-37-34-31-28-25-22-19-16-13-10-7-3)86(84)109-82(97)71-60-45-42-39-36-33-30-27-24-21-18-15-12-9-6-2)74-105-95-89(113-93(102)78-68-57-50-58-69-78)87(112-92(101)77-66-55-49-56-67-77)85(111-91(100)76-64-53-48-54-65-76)79(107-95)73-104-90(99)75-62-51-47-52-63-75/h47-58,62-69,79-80,84-89,94-95H,5-46,59-61,70-74H2,1-4H3/t79-,80-,84-,85-,86+,87+,88-,89-,94-,95+/m1/s1. The second-order valence-corrected chi connectivity index (χ2v) is 31.3. The van der Waals surface area contributed by atoms with Gasteiger partial charge in [-0.15, -0.1) is 0 Å².